The number of anilines is 2. The molecule has 0 fully saturated rings. The van der Waals surface area contributed by atoms with Crippen molar-refractivity contribution in [2.45, 2.75) is 6.42 Å². The number of nitrogens with two attached hydrogens (primary N) is 1. The van der Waals surface area contributed by atoms with Gasteiger partial charge in [0.2, 0.25) is 11.9 Å². The number of amides is 1. The lowest BCUT2D eigenvalue weighted by Gasteiger charge is -2.05. The maximum Gasteiger partial charge on any atom is 0.228 e. The summed E-state index contributed by atoms with van der Waals surface area (Å²) in [6, 6.07) is 9.75. The number of halogens is 1. The molecule has 0 bridgehead atoms. The van der Waals surface area contributed by atoms with E-state index in [4.69, 9.17) is 5.73 Å². The molecule has 92 valence electrons. The molecule has 0 radical (unpaired) electrons. The maximum absolute atomic E-state index is 12.6. The highest BCUT2D eigenvalue weighted by Gasteiger charge is 2.04. The molecule has 3 N–H and O–H groups in total. The highest BCUT2D eigenvalue weighted by atomic mass is 19.1. The number of carbonyl (C=O) groups is 1. The average molecular weight is 245 g/mol. The lowest BCUT2D eigenvalue weighted by atomic mass is 10.1. The molecule has 2 aromatic rings. The summed E-state index contributed by atoms with van der Waals surface area (Å²) in [5.41, 5.74) is 7.52. The number of rotatable bonds is 3. The van der Waals surface area contributed by atoms with Crippen LogP contribution < -0.4 is 11.1 Å². The van der Waals surface area contributed by atoms with Crippen LogP contribution in [0, 0.1) is 5.95 Å². The first-order valence-electron chi connectivity index (χ1n) is 5.39. The van der Waals surface area contributed by atoms with Gasteiger partial charge in [0, 0.05) is 5.69 Å². The van der Waals surface area contributed by atoms with Crippen LogP contribution in [0.25, 0.3) is 0 Å². The number of carbonyl (C=O) groups excluding carboxylic acids is 1. The normalized spacial score (nSPS) is 10.1. The molecule has 1 heterocycles. The molecular formula is C13H12FN3O. The minimum Gasteiger partial charge on any atom is -0.399 e. The summed E-state index contributed by atoms with van der Waals surface area (Å²) in [6.45, 7) is 0. The van der Waals surface area contributed by atoms with Crippen LogP contribution in [0.2, 0.25) is 0 Å². The van der Waals surface area contributed by atoms with Gasteiger partial charge < -0.3 is 11.1 Å². The summed E-state index contributed by atoms with van der Waals surface area (Å²) >= 11 is 0. The Morgan fingerprint density at radius 2 is 2.17 bits per heavy atom. The smallest absolute Gasteiger partial charge is 0.228 e. The zero-order valence-electron chi connectivity index (χ0n) is 9.56. The average Bonchev–Trinajstić information content (AvgIpc) is 2.32. The number of nitrogen functional groups attached to an aromatic ring is 1. The quantitative estimate of drug-likeness (QED) is 0.641. The number of hydrogen-bond donors (Lipinski definition) is 2. The molecule has 0 aliphatic heterocycles. The summed E-state index contributed by atoms with van der Waals surface area (Å²) in [5, 5.41) is 2.63. The molecular weight excluding hydrogens is 233 g/mol. The predicted molar refractivity (Wildman–Crippen MR) is 67.4 cm³/mol. The van der Waals surface area contributed by atoms with Gasteiger partial charge in [-0.25, -0.2) is 4.98 Å². The predicted octanol–water partition coefficient (Wildman–Crippen LogP) is 1.98. The molecule has 0 unspecified atom stereocenters. The summed E-state index contributed by atoms with van der Waals surface area (Å²) < 4.78 is 12.6. The van der Waals surface area contributed by atoms with Crippen LogP contribution in [-0.4, -0.2) is 10.9 Å². The summed E-state index contributed by atoms with van der Waals surface area (Å²) in [6.07, 6.45) is 1.48. The second-order valence-corrected chi connectivity index (χ2v) is 3.84. The first-order chi connectivity index (χ1) is 8.63. The van der Waals surface area contributed by atoms with Crippen molar-refractivity contribution in [2.24, 2.45) is 0 Å². The lowest BCUT2D eigenvalue weighted by Crippen LogP contribution is -2.14. The minimum absolute atomic E-state index is 0.200. The van der Waals surface area contributed by atoms with Gasteiger partial charge in [0.15, 0.2) is 0 Å². The van der Waals surface area contributed by atoms with Gasteiger partial charge >= 0.3 is 0 Å². The molecule has 0 saturated heterocycles. The second-order valence-electron chi connectivity index (χ2n) is 3.84. The zero-order valence-corrected chi connectivity index (χ0v) is 9.56. The van der Waals surface area contributed by atoms with Gasteiger partial charge in [-0.05, 0) is 29.8 Å². The van der Waals surface area contributed by atoms with E-state index in [1.807, 2.05) is 6.07 Å². The van der Waals surface area contributed by atoms with Crippen LogP contribution in [0.15, 0.2) is 42.6 Å². The van der Waals surface area contributed by atoms with Crippen LogP contribution in [-0.2, 0) is 11.2 Å². The number of pyridine rings is 1. The molecule has 0 aliphatic rings. The van der Waals surface area contributed by atoms with E-state index in [1.54, 1.807) is 18.2 Å². The van der Waals surface area contributed by atoms with E-state index in [2.05, 4.69) is 10.3 Å². The molecule has 1 amide bonds. The van der Waals surface area contributed by atoms with Crippen molar-refractivity contribution in [3.63, 3.8) is 0 Å². The third kappa shape index (κ3) is 3.28. The van der Waals surface area contributed by atoms with Crippen LogP contribution in [0.1, 0.15) is 5.56 Å². The van der Waals surface area contributed by atoms with E-state index in [0.29, 0.717) is 11.4 Å². The standard InChI is InChI=1S/C13H12FN3O/c14-12-5-4-11(8-16-12)17-13(18)7-9-2-1-3-10(15)6-9/h1-6,8H,7,15H2,(H,17,18). The Kier molecular flexibility index (Phi) is 3.52. The van der Waals surface area contributed by atoms with E-state index in [-0.39, 0.29) is 12.3 Å². The van der Waals surface area contributed by atoms with Crippen molar-refractivity contribution in [3.05, 3.63) is 54.1 Å². The molecule has 2 rings (SSSR count). The Bertz CT molecular complexity index is 554. The number of nitrogens with one attached hydrogen (secondary N) is 1. The van der Waals surface area contributed by atoms with Crippen LogP contribution in [0.4, 0.5) is 15.8 Å². The lowest BCUT2D eigenvalue weighted by molar-refractivity contribution is -0.115. The van der Waals surface area contributed by atoms with Crippen molar-refractivity contribution in [1.29, 1.82) is 0 Å². The van der Waals surface area contributed by atoms with Gasteiger partial charge in [-0.1, -0.05) is 12.1 Å². The van der Waals surface area contributed by atoms with Crippen LogP contribution in [0.5, 0.6) is 0 Å². The Morgan fingerprint density at radius 3 is 2.83 bits per heavy atom. The molecule has 0 atom stereocenters. The van der Waals surface area contributed by atoms with Crippen molar-refractivity contribution in [2.75, 3.05) is 11.1 Å². The van der Waals surface area contributed by atoms with Crippen LogP contribution in [0.3, 0.4) is 0 Å². The number of nitrogens with zero attached hydrogens (tertiary/aromatic N) is 1. The minimum atomic E-state index is -0.580. The number of benzene rings is 1. The van der Waals surface area contributed by atoms with Gasteiger partial charge in [0.25, 0.3) is 0 Å². The van der Waals surface area contributed by atoms with E-state index >= 15 is 0 Å². The molecule has 4 nitrogen and oxygen atoms in total. The monoisotopic (exact) mass is 245 g/mol. The first kappa shape index (κ1) is 12.0. The SMILES string of the molecule is Nc1cccc(CC(=O)Nc2ccc(F)nc2)c1. The van der Waals surface area contributed by atoms with Crippen molar-refractivity contribution in [1.82, 2.24) is 4.98 Å². The number of aromatic nitrogens is 1. The van der Waals surface area contributed by atoms with Gasteiger partial charge in [-0.3, -0.25) is 4.79 Å². The fourth-order valence-corrected chi connectivity index (χ4v) is 1.54. The van der Waals surface area contributed by atoms with Gasteiger partial charge in [-0.15, -0.1) is 0 Å². The molecule has 0 spiro atoms. The molecule has 18 heavy (non-hydrogen) atoms. The summed E-state index contributed by atoms with van der Waals surface area (Å²) in [4.78, 5) is 15.2. The second kappa shape index (κ2) is 5.27. The van der Waals surface area contributed by atoms with Gasteiger partial charge in [0.05, 0.1) is 18.3 Å². The first-order valence-corrected chi connectivity index (χ1v) is 5.39. The fourth-order valence-electron chi connectivity index (χ4n) is 1.54. The molecule has 1 aromatic carbocycles. The topological polar surface area (TPSA) is 68.0 Å². The van der Waals surface area contributed by atoms with Crippen molar-refractivity contribution < 1.29 is 9.18 Å². The largest absolute Gasteiger partial charge is 0.399 e. The summed E-state index contributed by atoms with van der Waals surface area (Å²) in [5.74, 6) is -0.780. The molecule has 5 heteroatoms. The Morgan fingerprint density at radius 1 is 1.33 bits per heavy atom. The zero-order chi connectivity index (χ0) is 13.0. The third-order valence-electron chi connectivity index (χ3n) is 2.33. The molecule has 0 saturated carbocycles. The molecule has 0 aliphatic carbocycles. The van der Waals surface area contributed by atoms with Gasteiger partial charge in [0.1, 0.15) is 0 Å². The Labute approximate surface area is 104 Å². The van der Waals surface area contributed by atoms with E-state index < -0.39 is 5.95 Å². The third-order valence-corrected chi connectivity index (χ3v) is 2.33. The Balaban J connectivity index is 1.98. The maximum atomic E-state index is 12.6. The molecule has 1 aromatic heterocycles. The van der Waals surface area contributed by atoms with Crippen molar-refractivity contribution >= 4 is 17.3 Å². The fraction of sp³-hybridized carbons (Fsp3) is 0.0769. The van der Waals surface area contributed by atoms with Gasteiger partial charge in [-0.2, -0.15) is 4.39 Å². The highest BCUT2D eigenvalue weighted by molar-refractivity contribution is 5.92. The van der Waals surface area contributed by atoms with E-state index in [0.717, 1.165) is 5.56 Å². The van der Waals surface area contributed by atoms with Crippen LogP contribution >= 0.6 is 0 Å². The number of hydrogen-bond acceptors (Lipinski definition) is 3. The Hall–Kier alpha value is -2.43. The van der Waals surface area contributed by atoms with E-state index in [9.17, 15) is 9.18 Å². The van der Waals surface area contributed by atoms with Crippen molar-refractivity contribution in [3.8, 4) is 0 Å². The highest BCUT2D eigenvalue weighted by Crippen LogP contribution is 2.09. The summed E-state index contributed by atoms with van der Waals surface area (Å²) in [7, 11) is 0. The van der Waals surface area contributed by atoms with E-state index in [1.165, 1.54) is 18.3 Å².